The molecule has 0 saturated heterocycles. The lowest BCUT2D eigenvalue weighted by Crippen LogP contribution is -2.35. The summed E-state index contributed by atoms with van der Waals surface area (Å²) < 4.78 is 10.7. The average Bonchev–Trinajstić information content (AvgIpc) is 2.74. The number of nitrogens with one attached hydrogen (secondary N) is 2. The summed E-state index contributed by atoms with van der Waals surface area (Å²) >= 11 is 0. The molecule has 0 fully saturated rings. The van der Waals surface area contributed by atoms with Gasteiger partial charge in [0.2, 0.25) is 5.89 Å². The normalized spacial score (nSPS) is 13.5. The van der Waals surface area contributed by atoms with E-state index in [1.165, 1.54) is 0 Å². The zero-order valence-electron chi connectivity index (χ0n) is 12.6. The number of aromatic nitrogens is 2. The summed E-state index contributed by atoms with van der Waals surface area (Å²) in [5, 5.41) is 14.5. The van der Waals surface area contributed by atoms with E-state index in [4.69, 9.17) is 9.15 Å². The molecule has 0 amide bonds. The summed E-state index contributed by atoms with van der Waals surface area (Å²) in [5.41, 5.74) is 0.0306. The number of hydrogen-bond donors (Lipinski definition) is 2. The third kappa shape index (κ3) is 6.54. The van der Waals surface area contributed by atoms with Crippen molar-refractivity contribution in [3.63, 3.8) is 0 Å². The fourth-order valence-corrected chi connectivity index (χ4v) is 1.65. The maximum atomic E-state index is 5.55. The lowest BCUT2D eigenvalue weighted by atomic mass is 10.1. The molecule has 0 bridgehead atoms. The molecule has 0 aliphatic rings. The summed E-state index contributed by atoms with van der Waals surface area (Å²) in [7, 11) is 1.69. The van der Waals surface area contributed by atoms with Gasteiger partial charge in [-0.05, 0) is 27.2 Å². The van der Waals surface area contributed by atoms with Crippen molar-refractivity contribution in [1.82, 2.24) is 15.5 Å². The van der Waals surface area contributed by atoms with Crippen LogP contribution >= 0.6 is 0 Å². The van der Waals surface area contributed by atoms with E-state index in [1.54, 1.807) is 7.11 Å². The van der Waals surface area contributed by atoms with Gasteiger partial charge in [-0.25, -0.2) is 0 Å². The summed E-state index contributed by atoms with van der Waals surface area (Å²) in [6.45, 7) is 9.62. The Bertz CT molecular complexity index is 354. The maximum Gasteiger partial charge on any atom is 0.315 e. The van der Waals surface area contributed by atoms with E-state index in [0.717, 1.165) is 12.8 Å². The first-order valence-corrected chi connectivity index (χ1v) is 6.77. The van der Waals surface area contributed by atoms with Crippen molar-refractivity contribution in [2.24, 2.45) is 0 Å². The van der Waals surface area contributed by atoms with Crippen molar-refractivity contribution >= 4 is 6.01 Å². The zero-order chi connectivity index (χ0) is 14.3. The fraction of sp³-hybridized carbons (Fsp3) is 0.846. The summed E-state index contributed by atoms with van der Waals surface area (Å²) in [4.78, 5) is 0. The molecule has 1 rings (SSSR count). The van der Waals surface area contributed by atoms with Crippen LogP contribution in [0.1, 0.15) is 46.4 Å². The van der Waals surface area contributed by atoms with E-state index in [-0.39, 0.29) is 11.6 Å². The Morgan fingerprint density at radius 2 is 2.05 bits per heavy atom. The van der Waals surface area contributed by atoms with Gasteiger partial charge < -0.3 is 19.8 Å². The Kier molecular flexibility index (Phi) is 6.24. The van der Waals surface area contributed by atoms with Crippen LogP contribution in [-0.2, 0) is 11.3 Å². The van der Waals surface area contributed by atoms with Gasteiger partial charge in [-0.3, -0.25) is 0 Å². The van der Waals surface area contributed by atoms with E-state index in [2.05, 4.69) is 48.5 Å². The molecule has 19 heavy (non-hydrogen) atoms. The van der Waals surface area contributed by atoms with Crippen molar-refractivity contribution in [2.45, 2.75) is 58.7 Å². The predicted octanol–water partition coefficient (Wildman–Crippen LogP) is 2.18. The molecule has 110 valence electrons. The molecule has 0 aliphatic carbocycles. The highest BCUT2D eigenvalue weighted by Gasteiger charge is 2.14. The minimum atomic E-state index is 0.0306. The van der Waals surface area contributed by atoms with Crippen LogP contribution in [0.2, 0.25) is 0 Å². The van der Waals surface area contributed by atoms with Gasteiger partial charge in [0.1, 0.15) is 0 Å². The van der Waals surface area contributed by atoms with Crippen molar-refractivity contribution in [1.29, 1.82) is 0 Å². The van der Waals surface area contributed by atoms with Crippen molar-refractivity contribution in [3.8, 4) is 0 Å². The Morgan fingerprint density at radius 1 is 1.32 bits per heavy atom. The van der Waals surface area contributed by atoms with Gasteiger partial charge in [0.15, 0.2) is 0 Å². The number of hydrogen-bond acceptors (Lipinski definition) is 6. The van der Waals surface area contributed by atoms with Gasteiger partial charge in [-0.2, -0.15) is 0 Å². The van der Waals surface area contributed by atoms with Crippen LogP contribution in [0, 0.1) is 0 Å². The third-order valence-corrected chi connectivity index (χ3v) is 2.57. The van der Waals surface area contributed by atoms with Gasteiger partial charge in [-0.1, -0.05) is 18.4 Å². The lowest BCUT2D eigenvalue weighted by molar-refractivity contribution is 0.181. The van der Waals surface area contributed by atoms with E-state index in [1.807, 2.05) is 0 Å². The smallest absolute Gasteiger partial charge is 0.315 e. The molecule has 6 heteroatoms. The van der Waals surface area contributed by atoms with Crippen LogP contribution in [0.3, 0.4) is 0 Å². The van der Waals surface area contributed by atoms with Crippen LogP contribution in [0.5, 0.6) is 0 Å². The Balaban J connectivity index is 2.48. The minimum absolute atomic E-state index is 0.0306. The number of methoxy groups -OCH3 is 1. The molecule has 0 aliphatic heterocycles. The first-order chi connectivity index (χ1) is 8.94. The second-order valence-electron chi connectivity index (χ2n) is 5.69. The number of nitrogens with zero attached hydrogens (tertiary/aromatic N) is 2. The predicted molar refractivity (Wildman–Crippen MR) is 75.1 cm³/mol. The molecule has 1 atom stereocenters. The van der Waals surface area contributed by atoms with E-state index in [0.29, 0.717) is 25.1 Å². The van der Waals surface area contributed by atoms with Crippen LogP contribution < -0.4 is 10.6 Å². The van der Waals surface area contributed by atoms with E-state index >= 15 is 0 Å². The minimum Gasteiger partial charge on any atom is -0.407 e. The molecule has 1 aromatic rings. The van der Waals surface area contributed by atoms with Gasteiger partial charge in [0.05, 0.1) is 19.2 Å². The van der Waals surface area contributed by atoms with Crippen LogP contribution in [0.25, 0.3) is 0 Å². The van der Waals surface area contributed by atoms with Crippen molar-refractivity contribution in [2.75, 3.05) is 19.0 Å². The molecular weight excluding hydrogens is 244 g/mol. The average molecular weight is 270 g/mol. The summed E-state index contributed by atoms with van der Waals surface area (Å²) in [5.74, 6) is 0.588. The SMILES string of the molecule is CCCC(COC)Nc1nnc(CNC(C)(C)C)o1. The van der Waals surface area contributed by atoms with Gasteiger partial charge >= 0.3 is 6.01 Å². The fourth-order valence-electron chi connectivity index (χ4n) is 1.65. The second-order valence-corrected chi connectivity index (χ2v) is 5.69. The highest BCUT2D eigenvalue weighted by Crippen LogP contribution is 2.11. The Labute approximate surface area is 115 Å². The Hall–Kier alpha value is -1.14. The van der Waals surface area contributed by atoms with Crippen LogP contribution in [0.4, 0.5) is 6.01 Å². The van der Waals surface area contributed by atoms with Crippen molar-refractivity contribution in [3.05, 3.63) is 5.89 Å². The lowest BCUT2D eigenvalue weighted by Gasteiger charge is -2.18. The molecule has 1 unspecified atom stereocenters. The molecule has 0 spiro atoms. The second kappa shape index (κ2) is 7.45. The largest absolute Gasteiger partial charge is 0.407 e. The van der Waals surface area contributed by atoms with Crippen LogP contribution in [-0.4, -0.2) is 35.5 Å². The number of anilines is 1. The maximum absolute atomic E-state index is 5.55. The zero-order valence-corrected chi connectivity index (χ0v) is 12.6. The molecule has 1 heterocycles. The highest BCUT2D eigenvalue weighted by molar-refractivity contribution is 5.19. The van der Waals surface area contributed by atoms with Gasteiger partial charge in [0.25, 0.3) is 0 Å². The van der Waals surface area contributed by atoms with Gasteiger partial charge in [0, 0.05) is 12.6 Å². The molecule has 6 nitrogen and oxygen atoms in total. The summed E-state index contributed by atoms with van der Waals surface area (Å²) in [6.07, 6.45) is 2.08. The molecular formula is C13H26N4O2. The molecule has 0 aromatic carbocycles. The van der Waals surface area contributed by atoms with Crippen molar-refractivity contribution < 1.29 is 9.15 Å². The van der Waals surface area contributed by atoms with E-state index < -0.39 is 0 Å². The third-order valence-electron chi connectivity index (χ3n) is 2.57. The monoisotopic (exact) mass is 270 g/mol. The molecule has 0 radical (unpaired) electrons. The van der Waals surface area contributed by atoms with E-state index in [9.17, 15) is 0 Å². The highest BCUT2D eigenvalue weighted by atomic mass is 16.5. The first-order valence-electron chi connectivity index (χ1n) is 6.77. The molecule has 1 aromatic heterocycles. The number of ether oxygens (including phenoxy) is 1. The first kappa shape index (κ1) is 15.9. The summed E-state index contributed by atoms with van der Waals surface area (Å²) in [6, 6.07) is 0.667. The number of rotatable bonds is 8. The topological polar surface area (TPSA) is 72.2 Å². The van der Waals surface area contributed by atoms with Crippen LogP contribution in [0.15, 0.2) is 4.42 Å². The molecule has 0 saturated carbocycles. The van der Waals surface area contributed by atoms with Gasteiger partial charge in [-0.15, -0.1) is 5.10 Å². The Morgan fingerprint density at radius 3 is 2.63 bits per heavy atom. The quantitative estimate of drug-likeness (QED) is 0.754. The standard InChI is InChI=1S/C13H26N4O2/c1-6-7-10(9-18-5)15-12-17-16-11(19-12)8-14-13(2,3)4/h10,14H,6-9H2,1-5H3,(H,15,17). The molecule has 2 N–H and O–H groups in total.